The molecule has 0 amide bonds. The summed E-state index contributed by atoms with van der Waals surface area (Å²) in [6.45, 7) is 3.52. The fourth-order valence-electron chi connectivity index (χ4n) is 2.65. The lowest BCUT2D eigenvalue weighted by atomic mass is 10.1. The molecule has 0 fully saturated rings. The van der Waals surface area contributed by atoms with E-state index < -0.39 is 65.5 Å². The van der Waals surface area contributed by atoms with Crippen molar-refractivity contribution in [3.05, 3.63) is 82.1 Å². The van der Waals surface area contributed by atoms with Gasteiger partial charge >= 0.3 is 11.9 Å². The Kier molecular flexibility index (Phi) is 12.2. The topological polar surface area (TPSA) is 95.7 Å². The SMILES string of the molecule is CCOC(=O)/C=C(\N)Cc1cc(F)c(F)cc1F.CCOC(=O)CC(=O)Cc1cc(F)c(F)cc1F. The minimum atomic E-state index is -1.32. The Bertz CT molecular complexity index is 1140. The summed E-state index contributed by atoms with van der Waals surface area (Å²) < 4.78 is 86.7. The number of esters is 2. The van der Waals surface area contributed by atoms with Crippen molar-refractivity contribution in [1.29, 1.82) is 0 Å². The first-order valence-corrected chi connectivity index (χ1v) is 10.4. The number of hydrogen-bond acceptors (Lipinski definition) is 6. The van der Waals surface area contributed by atoms with Crippen LogP contribution in [-0.4, -0.2) is 30.9 Å². The van der Waals surface area contributed by atoms with Crippen LogP contribution in [-0.2, 0) is 36.7 Å². The zero-order chi connectivity index (χ0) is 27.4. The van der Waals surface area contributed by atoms with Gasteiger partial charge in [0.05, 0.1) is 13.2 Å². The van der Waals surface area contributed by atoms with Crippen LogP contribution in [0.4, 0.5) is 26.3 Å². The molecule has 2 N–H and O–H groups in total. The van der Waals surface area contributed by atoms with E-state index >= 15 is 0 Å². The summed E-state index contributed by atoms with van der Waals surface area (Å²) in [6, 6.07) is 2.11. The normalized spacial score (nSPS) is 10.8. The summed E-state index contributed by atoms with van der Waals surface area (Å²) in [6.07, 6.45) is -0.236. The summed E-state index contributed by atoms with van der Waals surface area (Å²) in [7, 11) is 0. The average molecular weight is 519 g/mol. The first-order valence-electron chi connectivity index (χ1n) is 10.4. The molecule has 36 heavy (non-hydrogen) atoms. The van der Waals surface area contributed by atoms with Gasteiger partial charge in [-0.05, 0) is 37.1 Å². The van der Waals surface area contributed by atoms with Crippen LogP contribution in [0.15, 0.2) is 36.0 Å². The Morgan fingerprint density at radius 1 is 0.722 bits per heavy atom. The maximum atomic E-state index is 13.3. The van der Waals surface area contributed by atoms with Crippen molar-refractivity contribution in [2.75, 3.05) is 13.2 Å². The van der Waals surface area contributed by atoms with Gasteiger partial charge in [-0.3, -0.25) is 9.59 Å². The summed E-state index contributed by atoms with van der Waals surface area (Å²) in [4.78, 5) is 33.4. The molecular formula is C24H23F6NO5. The second-order valence-corrected chi connectivity index (χ2v) is 7.06. The maximum Gasteiger partial charge on any atom is 0.332 e. The smallest absolute Gasteiger partial charge is 0.332 e. The molecule has 6 nitrogen and oxygen atoms in total. The van der Waals surface area contributed by atoms with E-state index in [1.807, 2.05) is 0 Å². The molecule has 0 spiro atoms. The molecule has 0 radical (unpaired) electrons. The predicted molar refractivity (Wildman–Crippen MR) is 115 cm³/mol. The second-order valence-electron chi connectivity index (χ2n) is 7.06. The molecule has 0 heterocycles. The summed E-state index contributed by atoms with van der Waals surface area (Å²) in [5, 5.41) is 0. The van der Waals surface area contributed by atoms with E-state index in [1.165, 1.54) is 0 Å². The van der Waals surface area contributed by atoms with Gasteiger partial charge in [0, 0.05) is 36.7 Å². The highest BCUT2D eigenvalue weighted by Gasteiger charge is 2.16. The lowest BCUT2D eigenvalue weighted by Crippen LogP contribution is -2.14. The molecule has 0 bridgehead atoms. The number of halogens is 6. The van der Waals surface area contributed by atoms with Gasteiger partial charge in [0.25, 0.3) is 0 Å². The molecule has 0 aromatic heterocycles. The monoisotopic (exact) mass is 519 g/mol. The van der Waals surface area contributed by atoms with Gasteiger partial charge in [0.2, 0.25) is 0 Å². The van der Waals surface area contributed by atoms with E-state index in [0.717, 1.165) is 6.08 Å². The van der Waals surface area contributed by atoms with Crippen molar-refractivity contribution in [3.8, 4) is 0 Å². The highest BCUT2D eigenvalue weighted by molar-refractivity contribution is 5.96. The number of rotatable bonds is 9. The van der Waals surface area contributed by atoms with E-state index in [4.69, 9.17) is 5.73 Å². The Morgan fingerprint density at radius 2 is 1.17 bits per heavy atom. The highest BCUT2D eigenvalue weighted by Crippen LogP contribution is 2.16. The van der Waals surface area contributed by atoms with Gasteiger partial charge < -0.3 is 15.2 Å². The van der Waals surface area contributed by atoms with Crippen LogP contribution in [0, 0.1) is 34.9 Å². The lowest BCUT2D eigenvalue weighted by molar-refractivity contribution is -0.145. The van der Waals surface area contributed by atoms with Crippen LogP contribution in [0.2, 0.25) is 0 Å². The van der Waals surface area contributed by atoms with Gasteiger partial charge in [0.15, 0.2) is 23.3 Å². The molecule has 0 aliphatic rings. The van der Waals surface area contributed by atoms with Crippen LogP contribution in [0.3, 0.4) is 0 Å². The fourth-order valence-corrected chi connectivity index (χ4v) is 2.65. The number of ketones is 1. The van der Waals surface area contributed by atoms with Crippen LogP contribution in [0.25, 0.3) is 0 Å². The molecule has 0 saturated carbocycles. The highest BCUT2D eigenvalue weighted by atomic mass is 19.2. The van der Waals surface area contributed by atoms with Gasteiger partial charge in [-0.15, -0.1) is 0 Å². The van der Waals surface area contributed by atoms with E-state index in [1.54, 1.807) is 13.8 Å². The molecule has 0 aliphatic carbocycles. The van der Waals surface area contributed by atoms with Crippen molar-refractivity contribution < 1.29 is 50.2 Å². The van der Waals surface area contributed by atoms with Crippen molar-refractivity contribution >= 4 is 17.7 Å². The third-order valence-corrected chi connectivity index (χ3v) is 4.20. The van der Waals surface area contributed by atoms with E-state index in [0.29, 0.717) is 24.3 Å². The van der Waals surface area contributed by atoms with Crippen LogP contribution in [0.1, 0.15) is 31.4 Å². The quantitative estimate of drug-likeness (QED) is 0.175. The zero-order valence-electron chi connectivity index (χ0n) is 19.3. The average Bonchev–Trinajstić information content (AvgIpc) is 2.76. The maximum absolute atomic E-state index is 13.3. The summed E-state index contributed by atoms with van der Waals surface area (Å²) in [5.41, 5.74) is 5.05. The van der Waals surface area contributed by atoms with Crippen molar-refractivity contribution in [3.63, 3.8) is 0 Å². The third kappa shape index (κ3) is 10.2. The van der Waals surface area contributed by atoms with Gasteiger partial charge in [-0.2, -0.15) is 0 Å². The Balaban J connectivity index is 0.000000360. The van der Waals surface area contributed by atoms with Gasteiger partial charge in [-0.25, -0.2) is 31.1 Å². The predicted octanol–water partition coefficient (Wildman–Crippen LogP) is 4.22. The molecule has 0 unspecified atom stereocenters. The van der Waals surface area contributed by atoms with Crippen LogP contribution < -0.4 is 5.73 Å². The van der Waals surface area contributed by atoms with Crippen LogP contribution >= 0.6 is 0 Å². The molecule has 2 rings (SSSR count). The van der Waals surface area contributed by atoms with E-state index in [9.17, 15) is 40.7 Å². The fraction of sp³-hybridized carbons (Fsp3) is 0.292. The van der Waals surface area contributed by atoms with Crippen LogP contribution in [0.5, 0.6) is 0 Å². The number of nitrogens with two attached hydrogens (primary N) is 1. The zero-order valence-corrected chi connectivity index (χ0v) is 19.3. The first kappa shape index (κ1) is 30.2. The first-order chi connectivity index (χ1) is 16.9. The van der Waals surface area contributed by atoms with E-state index in [-0.39, 0.29) is 36.5 Å². The van der Waals surface area contributed by atoms with Gasteiger partial charge in [0.1, 0.15) is 23.8 Å². The summed E-state index contributed by atoms with van der Waals surface area (Å²) in [5.74, 6) is -8.98. The van der Waals surface area contributed by atoms with E-state index in [2.05, 4.69) is 9.47 Å². The van der Waals surface area contributed by atoms with Crippen molar-refractivity contribution in [2.24, 2.45) is 5.73 Å². The van der Waals surface area contributed by atoms with Crippen molar-refractivity contribution in [2.45, 2.75) is 33.1 Å². The second kappa shape index (κ2) is 14.5. The Hall–Kier alpha value is -3.83. The molecule has 2 aromatic carbocycles. The number of carbonyl (C=O) groups is 3. The molecule has 196 valence electrons. The lowest BCUT2D eigenvalue weighted by Gasteiger charge is -2.05. The Labute approximate surface area is 202 Å². The molecule has 0 aliphatic heterocycles. The third-order valence-electron chi connectivity index (χ3n) is 4.20. The number of hydrogen-bond donors (Lipinski definition) is 1. The standard InChI is InChI=1S/C12H12F3NO2.C12H11F3O3/c2*1-2-18-12(17)5-8(16)3-7-4-10(14)11(15)6-9(7)13/h4-6H,2-3,16H2,1H3;4,6H,2-3,5H2,1H3/b8-5-;. The number of allylic oxidation sites excluding steroid dienone is 1. The molecule has 0 atom stereocenters. The number of benzene rings is 2. The molecule has 12 heteroatoms. The minimum Gasteiger partial charge on any atom is -0.466 e. The minimum absolute atomic E-state index is 0.00152. The Morgan fingerprint density at radius 3 is 1.64 bits per heavy atom. The molecular weight excluding hydrogens is 496 g/mol. The number of ether oxygens (including phenoxy) is 2. The van der Waals surface area contributed by atoms with Gasteiger partial charge in [-0.1, -0.05) is 0 Å². The molecule has 0 saturated heterocycles. The largest absolute Gasteiger partial charge is 0.466 e. The number of carbonyl (C=O) groups excluding carboxylic acids is 3. The molecule has 2 aromatic rings. The number of Topliss-reactive ketones (excluding diaryl/α,β-unsaturated/α-hetero) is 1. The summed E-state index contributed by atoms with van der Waals surface area (Å²) >= 11 is 0. The van der Waals surface area contributed by atoms with Crippen molar-refractivity contribution in [1.82, 2.24) is 0 Å².